The van der Waals surface area contributed by atoms with Crippen LogP contribution in [0.2, 0.25) is 0 Å². The Morgan fingerprint density at radius 3 is 2.40 bits per heavy atom. The Labute approximate surface area is 156 Å². The Balaban J connectivity index is 1.65. The first kappa shape index (κ1) is 16.9. The van der Waals surface area contributed by atoms with Crippen molar-refractivity contribution in [1.82, 2.24) is 0 Å². The second-order valence-electron chi connectivity index (χ2n) is 11.9. The van der Waals surface area contributed by atoms with Crippen LogP contribution < -0.4 is 0 Å². The monoisotopic (exact) mass is 340 g/mol. The van der Waals surface area contributed by atoms with Crippen LogP contribution in [0.5, 0.6) is 0 Å². The molecule has 25 heavy (non-hydrogen) atoms. The fourth-order valence-electron chi connectivity index (χ4n) is 9.85. The molecule has 9 atom stereocenters. The molecule has 0 radical (unpaired) electrons. The van der Waals surface area contributed by atoms with Crippen LogP contribution in [0.3, 0.4) is 0 Å². The van der Waals surface area contributed by atoms with E-state index in [1.165, 1.54) is 51.4 Å². The predicted octanol–water partition coefficient (Wildman–Crippen LogP) is 7.10. The summed E-state index contributed by atoms with van der Waals surface area (Å²) < 4.78 is 0. The molecule has 0 aliphatic heterocycles. The van der Waals surface area contributed by atoms with Crippen molar-refractivity contribution in [2.75, 3.05) is 0 Å². The van der Waals surface area contributed by atoms with Crippen molar-refractivity contribution in [3.05, 3.63) is 12.2 Å². The minimum Gasteiger partial charge on any atom is -0.0990 e. The molecule has 5 aliphatic carbocycles. The lowest BCUT2D eigenvalue weighted by atomic mass is 9.43. The maximum Gasteiger partial charge on any atom is 0.000259 e. The molecule has 0 heterocycles. The molecule has 5 saturated carbocycles. The van der Waals surface area contributed by atoms with Crippen LogP contribution in [0.1, 0.15) is 86.0 Å². The lowest BCUT2D eigenvalue weighted by Crippen LogP contribution is -2.54. The molecule has 4 bridgehead atoms. The van der Waals surface area contributed by atoms with Gasteiger partial charge in [0, 0.05) is 5.41 Å². The van der Waals surface area contributed by atoms with Crippen LogP contribution in [0.15, 0.2) is 12.2 Å². The SMILES string of the molecule is C=C1[C@@H]2CC[C@@]3(C)[C@@H]2CC[C@H](C)[C@H]2C[C@@]4(C)CC[C@@H](C(C)C)[C@@H]4C[C@@]123. The molecular weight excluding hydrogens is 300 g/mol. The van der Waals surface area contributed by atoms with Crippen molar-refractivity contribution >= 4 is 0 Å². The van der Waals surface area contributed by atoms with Gasteiger partial charge in [-0.15, -0.1) is 0 Å². The third-order valence-corrected chi connectivity index (χ3v) is 11.1. The molecule has 5 aliphatic rings. The highest BCUT2D eigenvalue weighted by molar-refractivity contribution is 5.36. The Morgan fingerprint density at radius 2 is 1.68 bits per heavy atom. The summed E-state index contributed by atoms with van der Waals surface area (Å²) >= 11 is 0. The molecule has 5 rings (SSSR count). The van der Waals surface area contributed by atoms with Gasteiger partial charge >= 0.3 is 0 Å². The number of allylic oxidation sites excluding steroid dienone is 1. The first-order valence-electron chi connectivity index (χ1n) is 11.4. The van der Waals surface area contributed by atoms with Crippen LogP contribution >= 0.6 is 0 Å². The molecule has 1 spiro atoms. The first-order chi connectivity index (χ1) is 11.7. The van der Waals surface area contributed by atoms with E-state index in [1.54, 1.807) is 5.57 Å². The lowest BCUT2D eigenvalue weighted by molar-refractivity contribution is -0.0949. The Hall–Kier alpha value is -0.260. The van der Waals surface area contributed by atoms with Crippen molar-refractivity contribution in [2.45, 2.75) is 86.0 Å². The average molecular weight is 341 g/mol. The molecular formula is C25H40. The molecule has 0 aromatic rings. The van der Waals surface area contributed by atoms with Gasteiger partial charge in [-0.3, -0.25) is 0 Å². The molecule has 0 heteroatoms. The molecule has 0 N–H and O–H groups in total. The highest BCUT2D eigenvalue weighted by Gasteiger charge is 2.73. The van der Waals surface area contributed by atoms with E-state index in [4.69, 9.17) is 6.58 Å². The summed E-state index contributed by atoms with van der Waals surface area (Å²) in [7, 11) is 0. The van der Waals surface area contributed by atoms with E-state index in [2.05, 4.69) is 34.6 Å². The predicted molar refractivity (Wildman–Crippen MR) is 106 cm³/mol. The Morgan fingerprint density at radius 1 is 0.920 bits per heavy atom. The zero-order valence-corrected chi connectivity index (χ0v) is 17.4. The second-order valence-corrected chi connectivity index (χ2v) is 11.9. The van der Waals surface area contributed by atoms with Crippen molar-refractivity contribution in [2.24, 2.45) is 57.7 Å². The molecule has 0 aromatic carbocycles. The molecule has 0 nitrogen and oxygen atoms in total. The van der Waals surface area contributed by atoms with Crippen LogP contribution in [-0.2, 0) is 0 Å². The number of hydrogen-bond acceptors (Lipinski definition) is 0. The van der Waals surface area contributed by atoms with E-state index in [1.807, 2.05) is 0 Å². The van der Waals surface area contributed by atoms with Crippen LogP contribution in [0, 0.1) is 57.7 Å². The zero-order valence-electron chi connectivity index (χ0n) is 17.4. The quantitative estimate of drug-likeness (QED) is 0.446. The highest BCUT2D eigenvalue weighted by atomic mass is 14.8. The van der Waals surface area contributed by atoms with E-state index < -0.39 is 0 Å². The molecule has 0 unspecified atom stereocenters. The summed E-state index contributed by atoms with van der Waals surface area (Å²) in [5.74, 6) is 6.47. The van der Waals surface area contributed by atoms with Crippen LogP contribution in [0.25, 0.3) is 0 Å². The number of hydrogen-bond donors (Lipinski definition) is 0. The van der Waals surface area contributed by atoms with Gasteiger partial charge in [0.1, 0.15) is 0 Å². The van der Waals surface area contributed by atoms with Gasteiger partial charge in [0.05, 0.1) is 0 Å². The minimum atomic E-state index is 0.498. The van der Waals surface area contributed by atoms with Gasteiger partial charge in [-0.05, 0) is 97.2 Å². The fourth-order valence-corrected chi connectivity index (χ4v) is 9.85. The zero-order chi connectivity index (χ0) is 17.8. The van der Waals surface area contributed by atoms with Gasteiger partial charge in [0.25, 0.3) is 0 Å². The van der Waals surface area contributed by atoms with E-state index >= 15 is 0 Å². The summed E-state index contributed by atoms with van der Waals surface area (Å²) in [6.07, 6.45) is 11.9. The summed E-state index contributed by atoms with van der Waals surface area (Å²) in [5.41, 5.74) is 3.45. The molecule has 0 saturated heterocycles. The van der Waals surface area contributed by atoms with Crippen LogP contribution in [0.4, 0.5) is 0 Å². The van der Waals surface area contributed by atoms with E-state index in [0.29, 0.717) is 16.2 Å². The van der Waals surface area contributed by atoms with Crippen molar-refractivity contribution in [3.63, 3.8) is 0 Å². The smallest absolute Gasteiger partial charge is 0.000259 e. The topological polar surface area (TPSA) is 0 Å². The Kier molecular flexibility index (Phi) is 3.35. The normalized spacial score (nSPS) is 59.8. The molecule has 140 valence electrons. The summed E-state index contributed by atoms with van der Waals surface area (Å²) in [6, 6.07) is 0. The van der Waals surface area contributed by atoms with Gasteiger partial charge in [-0.1, -0.05) is 53.2 Å². The third-order valence-electron chi connectivity index (χ3n) is 11.1. The fraction of sp³-hybridized carbons (Fsp3) is 0.920. The largest absolute Gasteiger partial charge is 0.0990 e. The van der Waals surface area contributed by atoms with Gasteiger partial charge < -0.3 is 0 Å². The van der Waals surface area contributed by atoms with Gasteiger partial charge in [0.2, 0.25) is 0 Å². The average Bonchev–Trinajstić information content (AvgIpc) is 3.09. The maximum atomic E-state index is 4.88. The van der Waals surface area contributed by atoms with E-state index in [0.717, 1.165) is 41.4 Å². The lowest BCUT2D eigenvalue weighted by Gasteiger charge is -2.61. The van der Waals surface area contributed by atoms with E-state index in [9.17, 15) is 0 Å². The second kappa shape index (κ2) is 4.96. The van der Waals surface area contributed by atoms with Crippen molar-refractivity contribution in [1.29, 1.82) is 0 Å². The summed E-state index contributed by atoms with van der Waals surface area (Å²) in [6.45, 7) is 17.9. The summed E-state index contributed by atoms with van der Waals surface area (Å²) in [4.78, 5) is 0. The van der Waals surface area contributed by atoms with Gasteiger partial charge in [-0.25, -0.2) is 0 Å². The van der Waals surface area contributed by atoms with Gasteiger partial charge in [-0.2, -0.15) is 0 Å². The van der Waals surface area contributed by atoms with Crippen molar-refractivity contribution in [3.8, 4) is 0 Å². The van der Waals surface area contributed by atoms with Crippen LogP contribution in [-0.4, -0.2) is 0 Å². The first-order valence-corrected chi connectivity index (χ1v) is 11.4. The molecule has 0 aromatic heterocycles. The van der Waals surface area contributed by atoms with Gasteiger partial charge in [0.15, 0.2) is 0 Å². The highest BCUT2D eigenvalue weighted by Crippen LogP contribution is 2.81. The van der Waals surface area contributed by atoms with E-state index in [-0.39, 0.29) is 0 Å². The Bertz CT molecular complexity index is 601. The standard InChI is InChI=1S/C25H40/c1-15(2)18-9-11-23(5)13-21-16(3)7-8-20-19-10-12-24(20,6)25(21,17(19)4)14-22(18)23/h15-16,18-22H,4,7-14H2,1-3,5-6H3/t16-,18-,19-,20+,21+,22-,23+,24-,25+/m0/s1. The molecule has 0 amide bonds. The third kappa shape index (κ3) is 1.76. The number of fused-ring (bicyclic) bond motifs is 1. The number of rotatable bonds is 1. The summed E-state index contributed by atoms with van der Waals surface area (Å²) in [5, 5.41) is 0. The minimum absolute atomic E-state index is 0.498. The molecule has 5 fully saturated rings. The maximum absolute atomic E-state index is 4.88. The van der Waals surface area contributed by atoms with Crippen molar-refractivity contribution < 1.29 is 0 Å².